The Morgan fingerprint density at radius 3 is 2.76 bits per heavy atom. The Morgan fingerprint density at radius 1 is 1.41 bits per heavy atom. The van der Waals surface area contributed by atoms with Gasteiger partial charge in [-0.2, -0.15) is 0 Å². The molecule has 0 unspecified atom stereocenters. The number of nitrogens with zero attached hydrogens (tertiary/aromatic N) is 1. The Morgan fingerprint density at radius 2 is 2.12 bits per heavy atom. The van der Waals surface area contributed by atoms with Crippen molar-refractivity contribution in [2.45, 2.75) is 18.9 Å². The maximum Gasteiger partial charge on any atom is 0.176 e. The van der Waals surface area contributed by atoms with E-state index in [2.05, 4.69) is 4.90 Å². The van der Waals surface area contributed by atoms with Gasteiger partial charge in [-0.15, -0.1) is 0 Å². The van der Waals surface area contributed by atoms with Gasteiger partial charge in [0.1, 0.15) is 0 Å². The lowest BCUT2D eigenvalue weighted by Gasteiger charge is -2.28. The molecule has 1 aromatic rings. The second-order valence-electron chi connectivity index (χ2n) is 4.44. The minimum atomic E-state index is -0.201. The number of hydrogen-bond donors (Lipinski definition) is 1. The summed E-state index contributed by atoms with van der Waals surface area (Å²) in [7, 11) is 0. The van der Waals surface area contributed by atoms with E-state index in [0.717, 1.165) is 25.9 Å². The summed E-state index contributed by atoms with van der Waals surface area (Å²) in [5.74, 6) is 0.0869. The normalized spacial score (nSPS) is 18.2. The van der Waals surface area contributed by atoms with Crippen LogP contribution in [0.25, 0.3) is 0 Å². The molecule has 1 heterocycles. The Labute approximate surface area is 106 Å². The summed E-state index contributed by atoms with van der Waals surface area (Å²) < 4.78 is 0. The molecule has 0 spiro atoms. The molecule has 92 valence electrons. The molecule has 0 aliphatic carbocycles. The van der Waals surface area contributed by atoms with Crippen molar-refractivity contribution in [3.63, 3.8) is 0 Å². The van der Waals surface area contributed by atoms with E-state index in [0.29, 0.717) is 17.1 Å². The van der Waals surface area contributed by atoms with Gasteiger partial charge in [0.25, 0.3) is 0 Å². The lowest BCUT2D eigenvalue weighted by atomic mass is 10.1. The number of aliphatic hydroxyl groups excluding tert-OH is 1. The summed E-state index contributed by atoms with van der Waals surface area (Å²) in [5.41, 5.74) is 0.656. The van der Waals surface area contributed by atoms with Crippen LogP contribution in [0.15, 0.2) is 24.3 Å². The number of halogens is 1. The molecule has 1 saturated heterocycles. The molecule has 4 heteroatoms. The van der Waals surface area contributed by atoms with E-state index < -0.39 is 0 Å². The lowest BCUT2D eigenvalue weighted by molar-refractivity contribution is 0.0711. The average Bonchev–Trinajstić information content (AvgIpc) is 2.32. The number of hydrogen-bond acceptors (Lipinski definition) is 3. The van der Waals surface area contributed by atoms with Crippen molar-refractivity contribution in [2.24, 2.45) is 0 Å². The van der Waals surface area contributed by atoms with E-state index in [-0.39, 0.29) is 11.9 Å². The smallest absolute Gasteiger partial charge is 0.176 e. The van der Waals surface area contributed by atoms with Crippen LogP contribution in [-0.4, -0.2) is 41.5 Å². The largest absolute Gasteiger partial charge is 0.393 e. The summed E-state index contributed by atoms with van der Waals surface area (Å²) >= 11 is 5.85. The van der Waals surface area contributed by atoms with Gasteiger partial charge in [0, 0.05) is 23.7 Å². The summed E-state index contributed by atoms with van der Waals surface area (Å²) in [6.07, 6.45) is 1.30. The minimum Gasteiger partial charge on any atom is -0.393 e. The molecule has 1 aliphatic rings. The van der Waals surface area contributed by atoms with Crippen LogP contribution >= 0.6 is 11.6 Å². The van der Waals surface area contributed by atoms with Crippen LogP contribution in [0.2, 0.25) is 5.02 Å². The van der Waals surface area contributed by atoms with Gasteiger partial charge in [0.05, 0.1) is 12.6 Å². The third-order valence-electron chi connectivity index (χ3n) is 3.07. The average molecular weight is 254 g/mol. The fraction of sp³-hybridized carbons (Fsp3) is 0.462. The lowest BCUT2D eigenvalue weighted by Crippen LogP contribution is -2.39. The molecule has 0 aromatic heterocycles. The summed E-state index contributed by atoms with van der Waals surface area (Å²) in [4.78, 5) is 14.1. The molecule has 0 atom stereocenters. The Kier molecular flexibility index (Phi) is 4.15. The number of piperidine rings is 1. The summed E-state index contributed by atoms with van der Waals surface area (Å²) in [6.45, 7) is 1.98. The van der Waals surface area contributed by atoms with E-state index >= 15 is 0 Å². The Hall–Kier alpha value is -0.900. The number of aliphatic hydroxyl groups is 1. The van der Waals surface area contributed by atoms with Crippen molar-refractivity contribution in [2.75, 3.05) is 19.6 Å². The van der Waals surface area contributed by atoms with Crippen molar-refractivity contribution < 1.29 is 9.90 Å². The number of likely N-dealkylation sites (tertiary alicyclic amines) is 1. The fourth-order valence-corrected chi connectivity index (χ4v) is 2.22. The van der Waals surface area contributed by atoms with Gasteiger partial charge in [0.2, 0.25) is 0 Å². The molecule has 2 rings (SSSR count). The molecule has 1 aromatic carbocycles. The number of Topliss-reactive ketones (excluding diaryl/α,β-unsaturated/α-hetero) is 1. The van der Waals surface area contributed by atoms with E-state index in [4.69, 9.17) is 11.6 Å². The molecule has 17 heavy (non-hydrogen) atoms. The first-order valence-electron chi connectivity index (χ1n) is 5.84. The van der Waals surface area contributed by atoms with E-state index in [1.807, 2.05) is 0 Å². The van der Waals surface area contributed by atoms with E-state index in [9.17, 15) is 9.90 Å². The molecule has 0 saturated carbocycles. The number of carbonyl (C=O) groups is 1. The number of carbonyl (C=O) groups excluding carboxylic acids is 1. The standard InChI is InChI=1S/C13H16ClNO2/c14-11-3-1-2-10(8-11)13(17)9-15-6-4-12(16)5-7-15/h1-3,8,12,16H,4-7,9H2. The van der Waals surface area contributed by atoms with Crippen LogP contribution in [0.1, 0.15) is 23.2 Å². The van der Waals surface area contributed by atoms with Gasteiger partial charge in [0.15, 0.2) is 5.78 Å². The molecular weight excluding hydrogens is 238 g/mol. The second-order valence-corrected chi connectivity index (χ2v) is 4.88. The van der Waals surface area contributed by atoms with E-state index in [1.54, 1.807) is 24.3 Å². The maximum atomic E-state index is 12.0. The highest BCUT2D eigenvalue weighted by Crippen LogP contribution is 2.14. The highest BCUT2D eigenvalue weighted by Gasteiger charge is 2.19. The third kappa shape index (κ3) is 3.53. The molecule has 0 amide bonds. The van der Waals surface area contributed by atoms with Crippen LogP contribution in [-0.2, 0) is 0 Å². The van der Waals surface area contributed by atoms with Crippen LogP contribution in [0, 0.1) is 0 Å². The molecule has 1 aliphatic heterocycles. The van der Waals surface area contributed by atoms with Crippen LogP contribution in [0.4, 0.5) is 0 Å². The predicted molar refractivity (Wildman–Crippen MR) is 67.5 cm³/mol. The van der Waals surface area contributed by atoms with E-state index in [1.165, 1.54) is 0 Å². The Balaban J connectivity index is 1.93. The van der Waals surface area contributed by atoms with Crippen molar-refractivity contribution in [1.82, 2.24) is 4.90 Å². The highest BCUT2D eigenvalue weighted by molar-refractivity contribution is 6.31. The zero-order valence-electron chi connectivity index (χ0n) is 9.60. The quantitative estimate of drug-likeness (QED) is 0.838. The summed E-state index contributed by atoms with van der Waals surface area (Å²) in [5, 5.41) is 9.97. The maximum absolute atomic E-state index is 12.0. The molecule has 1 fully saturated rings. The van der Waals surface area contributed by atoms with Crippen molar-refractivity contribution in [3.8, 4) is 0 Å². The summed E-state index contributed by atoms with van der Waals surface area (Å²) in [6, 6.07) is 7.03. The SMILES string of the molecule is O=C(CN1CCC(O)CC1)c1cccc(Cl)c1. The number of rotatable bonds is 3. The topological polar surface area (TPSA) is 40.5 Å². The second kappa shape index (κ2) is 5.63. The third-order valence-corrected chi connectivity index (χ3v) is 3.31. The number of benzene rings is 1. The van der Waals surface area contributed by atoms with Crippen LogP contribution in [0.3, 0.4) is 0 Å². The van der Waals surface area contributed by atoms with Crippen molar-refractivity contribution >= 4 is 17.4 Å². The van der Waals surface area contributed by atoms with Crippen LogP contribution < -0.4 is 0 Å². The van der Waals surface area contributed by atoms with Crippen LogP contribution in [0.5, 0.6) is 0 Å². The molecule has 3 nitrogen and oxygen atoms in total. The van der Waals surface area contributed by atoms with Gasteiger partial charge >= 0.3 is 0 Å². The molecule has 1 N–H and O–H groups in total. The first-order chi connectivity index (χ1) is 8.15. The van der Waals surface area contributed by atoms with Crippen molar-refractivity contribution in [1.29, 1.82) is 0 Å². The first-order valence-corrected chi connectivity index (χ1v) is 6.22. The predicted octanol–water partition coefficient (Wildman–Crippen LogP) is 1.98. The molecule has 0 bridgehead atoms. The highest BCUT2D eigenvalue weighted by atomic mass is 35.5. The number of ketones is 1. The van der Waals surface area contributed by atoms with Gasteiger partial charge in [-0.05, 0) is 25.0 Å². The van der Waals surface area contributed by atoms with Gasteiger partial charge in [-0.1, -0.05) is 23.7 Å². The monoisotopic (exact) mass is 253 g/mol. The zero-order valence-corrected chi connectivity index (χ0v) is 10.4. The molecular formula is C13H16ClNO2. The Bertz CT molecular complexity index is 400. The minimum absolute atomic E-state index is 0.0869. The first kappa shape index (κ1) is 12.6. The van der Waals surface area contributed by atoms with Gasteiger partial charge < -0.3 is 5.11 Å². The van der Waals surface area contributed by atoms with Crippen molar-refractivity contribution in [3.05, 3.63) is 34.9 Å². The van der Waals surface area contributed by atoms with Gasteiger partial charge in [-0.25, -0.2) is 0 Å². The van der Waals surface area contributed by atoms with Gasteiger partial charge in [-0.3, -0.25) is 9.69 Å². The fourth-order valence-electron chi connectivity index (χ4n) is 2.03. The molecule has 0 radical (unpaired) electrons. The zero-order chi connectivity index (χ0) is 12.3.